The van der Waals surface area contributed by atoms with Gasteiger partial charge in [0.2, 0.25) is 0 Å². The average molecular weight is 467 g/mol. The molecule has 136 valence electrons. The monoisotopic (exact) mass is 467 g/mol. The van der Waals surface area contributed by atoms with Crippen LogP contribution >= 0.6 is 22.6 Å². The van der Waals surface area contributed by atoms with Gasteiger partial charge in [0.05, 0.1) is 13.2 Å². The van der Waals surface area contributed by atoms with Crippen molar-refractivity contribution in [3.8, 4) is 11.3 Å². The number of fused-ring (bicyclic) bond motifs is 1. The zero-order chi connectivity index (χ0) is 17.9. The zero-order valence-electron chi connectivity index (χ0n) is 14.2. The second-order valence-electron chi connectivity index (χ2n) is 6.11. The average Bonchev–Trinajstić information content (AvgIpc) is 3.01. The second-order valence-corrected chi connectivity index (χ2v) is 7.13. The van der Waals surface area contributed by atoms with Gasteiger partial charge in [-0.1, -0.05) is 0 Å². The predicted octanol–water partition coefficient (Wildman–Crippen LogP) is 2.88. The summed E-state index contributed by atoms with van der Waals surface area (Å²) in [6.45, 7) is 5.27. The van der Waals surface area contributed by atoms with Crippen LogP contribution in [0.15, 0.2) is 36.7 Å². The maximum atomic E-state index is 13.2. The fourth-order valence-electron chi connectivity index (χ4n) is 3.02. The number of halogens is 2. The summed E-state index contributed by atoms with van der Waals surface area (Å²) in [6.07, 6.45) is 3.66. The van der Waals surface area contributed by atoms with Crippen LogP contribution in [-0.4, -0.2) is 58.7 Å². The van der Waals surface area contributed by atoms with Crippen LogP contribution in [0.5, 0.6) is 0 Å². The van der Waals surface area contributed by atoms with Gasteiger partial charge in [-0.2, -0.15) is 0 Å². The highest BCUT2D eigenvalue weighted by Crippen LogP contribution is 2.28. The lowest BCUT2D eigenvalue weighted by Crippen LogP contribution is -2.39. The number of benzene rings is 1. The molecule has 1 fully saturated rings. The minimum Gasteiger partial charge on any atom is -0.379 e. The van der Waals surface area contributed by atoms with Crippen molar-refractivity contribution in [2.75, 3.05) is 44.7 Å². The van der Waals surface area contributed by atoms with Gasteiger partial charge in [0.1, 0.15) is 15.2 Å². The van der Waals surface area contributed by atoms with Crippen LogP contribution in [-0.2, 0) is 4.74 Å². The zero-order valence-corrected chi connectivity index (χ0v) is 16.3. The van der Waals surface area contributed by atoms with Gasteiger partial charge < -0.3 is 10.1 Å². The number of hydrogen-bond acceptors (Lipinski definition) is 5. The highest BCUT2D eigenvalue weighted by molar-refractivity contribution is 14.1. The molecule has 0 radical (unpaired) electrons. The minimum atomic E-state index is -0.250. The van der Waals surface area contributed by atoms with Crippen LogP contribution in [0, 0.1) is 9.52 Å². The van der Waals surface area contributed by atoms with Gasteiger partial charge in [0.15, 0.2) is 11.5 Å². The Kier molecular flexibility index (Phi) is 5.32. The predicted molar refractivity (Wildman–Crippen MR) is 107 cm³/mol. The van der Waals surface area contributed by atoms with Gasteiger partial charge in [-0.05, 0) is 46.9 Å². The molecule has 0 bridgehead atoms. The summed E-state index contributed by atoms with van der Waals surface area (Å²) in [5.41, 5.74) is 2.49. The lowest BCUT2D eigenvalue weighted by atomic mass is 10.2. The van der Waals surface area contributed by atoms with Crippen LogP contribution in [0.2, 0.25) is 0 Å². The molecular weight excluding hydrogens is 448 g/mol. The topological polar surface area (TPSA) is 54.7 Å². The Hall–Kier alpha value is -1.78. The van der Waals surface area contributed by atoms with Crippen molar-refractivity contribution in [2.45, 2.75) is 0 Å². The Morgan fingerprint density at radius 2 is 1.96 bits per heavy atom. The molecule has 26 heavy (non-hydrogen) atoms. The van der Waals surface area contributed by atoms with Crippen LogP contribution < -0.4 is 5.32 Å². The molecular formula is C18H19FIN5O. The molecule has 3 aromatic rings. The van der Waals surface area contributed by atoms with E-state index < -0.39 is 0 Å². The lowest BCUT2D eigenvalue weighted by Gasteiger charge is -2.26. The molecule has 8 heteroatoms. The van der Waals surface area contributed by atoms with E-state index >= 15 is 0 Å². The summed E-state index contributed by atoms with van der Waals surface area (Å²) in [4.78, 5) is 11.6. The summed E-state index contributed by atoms with van der Waals surface area (Å²) in [5.74, 6) is 0.506. The first-order valence-electron chi connectivity index (χ1n) is 8.55. The number of nitrogens with one attached hydrogen (secondary N) is 1. The van der Waals surface area contributed by atoms with E-state index in [1.54, 1.807) is 18.3 Å². The molecule has 1 N–H and O–H groups in total. The van der Waals surface area contributed by atoms with Crippen LogP contribution in [0.25, 0.3) is 16.9 Å². The molecule has 0 amide bonds. The van der Waals surface area contributed by atoms with Crippen LogP contribution in [0.4, 0.5) is 10.2 Å². The van der Waals surface area contributed by atoms with E-state index in [0.29, 0.717) is 0 Å². The molecule has 1 aromatic carbocycles. The summed E-state index contributed by atoms with van der Waals surface area (Å²) in [5, 5.41) is 3.40. The Morgan fingerprint density at radius 3 is 2.73 bits per heavy atom. The van der Waals surface area contributed by atoms with Gasteiger partial charge in [0.25, 0.3) is 0 Å². The Balaban J connectivity index is 1.56. The van der Waals surface area contributed by atoms with Crippen molar-refractivity contribution in [1.29, 1.82) is 0 Å². The van der Waals surface area contributed by atoms with Gasteiger partial charge in [-0.3, -0.25) is 9.30 Å². The number of imidazole rings is 1. The number of aromatic nitrogens is 3. The Morgan fingerprint density at radius 1 is 1.19 bits per heavy atom. The SMILES string of the molecule is Fc1ccc(-c2nc3c(NCCN4CCOCC4)nccn3c2I)cc1. The molecule has 0 spiro atoms. The van der Waals surface area contributed by atoms with E-state index in [2.05, 4.69) is 37.8 Å². The van der Waals surface area contributed by atoms with E-state index in [1.807, 2.05) is 10.6 Å². The number of hydrogen-bond donors (Lipinski definition) is 1. The van der Waals surface area contributed by atoms with Crippen LogP contribution in [0.3, 0.4) is 0 Å². The Bertz CT molecular complexity index is 892. The highest BCUT2D eigenvalue weighted by atomic mass is 127. The van der Waals surface area contributed by atoms with E-state index in [-0.39, 0.29) is 5.82 Å². The highest BCUT2D eigenvalue weighted by Gasteiger charge is 2.15. The van der Waals surface area contributed by atoms with E-state index in [4.69, 9.17) is 9.72 Å². The van der Waals surface area contributed by atoms with E-state index in [1.165, 1.54) is 12.1 Å². The van der Waals surface area contributed by atoms with Crippen molar-refractivity contribution >= 4 is 34.1 Å². The van der Waals surface area contributed by atoms with E-state index in [9.17, 15) is 4.39 Å². The molecule has 6 nitrogen and oxygen atoms in total. The fourth-order valence-corrected chi connectivity index (χ4v) is 3.84. The molecule has 0 saturated carbocycles. The lowest BCUT2D eigenvalue weighted by molar-refractivity contribution is 0.0398. The van der Waals surface area contributed by atoms with Gasteiger partial charge in [-0.25, -0.2) is 14.4 Å². The first-order chi connectivity index (χ1) is 12.7. The van der Waals surface area contributed by atoms with Gasteiger partial charge >= 0.3 is 0 Å². The molecule has 1 saturated heterocycles. The molecule has 3 heterocycles. The number of anilines is 1. The number of ether oxygens (including phenoxy) is 1. The molecule has 0 aliphatic carbocycles. The van der Waals surface area contributed by atoms with Gasteiger partial charge in [-0.15, -0.1) is 0 Å². The maximum Gasteiger partial charge on any atom is 0.181 e. The smallest absolute Gasteiger partial charge is 0.181 e. The number of morpholine rings is 1. The van der Waals surface area contributed by atoms with Crippen LogP contribution in [0.1, 0.15) is 0 Å². The molecule has 0 unspecified atom stereocenters. The maximum absolute atomic E-state index is 13.2. The molecule has 4 rings (SSSR count). The molecule has 0 atom stereocenters. The molecule has 2 aromatic heterocycles. The molecule has 1 aliphatic heterocycles. The third-order valence-electron chi connectivity index (χ3n) is 4.43. The third kappa shape index (κ3) is 3.67. The van der Waals surface area contributed by atoms with Crippen molar-refractivity contribution in [3.05, 3.63) is 46.2 Å². The van der Waals surface area contributed by atoms with Gasteiger partial charge in [0, 0.05) is 44.1 Å². The number of rotatable bonds is 5. The summed E-state index contributed by atoms with van der Waals surface area (Å²) >= 11 is 2.26. The summed E-state index contributed by atoms with van der Waals surface area (Å²) < 4.78 is 21.6. The minimum absolute atomic E-state index is 0.250. The second kappa shape index (κ2) is 7.85. The summed E-state index contributed by atoms with van der Waals surface area (Å²) in [6, 6.07) is 6.40. The van der Waals surface area contributed by atoms with Crippen molar-refractivity contribution in [1.82, 2.24) is 19.3 Å². The Labute approximate surface area is 164 Å². The van der Waals surface area contributed by atoms with Crippen molar-refractivity contribution in [2.24, 2.45) is 0 Å². The summed E-state index contributed by atoms with van der Waals surface area (Å²) in [7, 11) is 0. The largest absolute Gasteiger partial charge is 0.379 e. The normalized spacial score (nSPS) is 15.5. The standard InChI is InChI=1S/C18H19FIN5O/c19-14-3-1-13(2-4-14)15-16(20)25-8-6-22-17(18(25)23-15)21-5-7-24-9-11-26-12-10-24/h1-4,6,8H,5,7,9-12H2,(H,21,22). The van der Waals surface area contributed by atoms with E-state index in [0.717, 1.165) is 65.8 Å². The first kappa shape index (κ1) is 17.6. The first-order valence-corrected chi connectivity index (χ1v) is 9.63. The van der Waals surface area contributed by atoms with Crippen molar-refractivity contribution in [3.63, 3.8) is 0 Å². The molecule has 1 aliphatic rings. The quantitative estimate of drug-likeness (QED) is 0.586. The fraction of sp³-hybridized carbons (Fsp3) is 0.333. The van der Waals surface area contributed by atoms with Crippen molar-refractivity contribution < 1.29 is 9.13 Å². The third-order valence-corrected chi connectivity index (χ3v) is 5.46. The number of nitrogens with zero attached hydrogens (tertiary/aromatic N) is 4.